The van der Waals surface area contributed by atoms with Gasteiger partial charge in [-0.3, -0.25) is 29.8 Å². The van der Waals surface area contributed by atoms with Gasteiger partial charge in [-0.15, -0.1) is 0 Å². The third-order valence-electron chi connectivity index (χ3n) is 3.33. The van der Waals surface area contributed by atoms with Gasteiger partial charge in [-0.25, -0.2) is 0 Å². The highest BCUT2D eigenvalue weighted by Gasteiger charge is 2.43. The van der Waals surface area contributed by atoms with Crippen molar-refractivity contribution in [2.45, 2.75) is 19.4 Å². The number of carbonyl (C=O) groups is 3. The summed E-state index contributed by atoms with van der Waals surface area (Å²) in [5.74, 6) is -1.78. The smallest absolute Gasteiger partial charge is 0.270 e. The summed E-state index contributed by atoms with van der Waals surface area (Å²) in [6.45, 7) is 2.73. The van der Waals surface area contributed by atoms with Crippen LogP contribution in [0.15, 0.2) is 24.3 Å². The molecule has 110 valence electrons. The van der Waals surface area contributed by atoms with Crippen molar-refractivity contribution in [3.05, 3.63) is 39.9 Å². The Morgan fingerprint density at radius 3 is 2.67 bits per heavy atom. The van der Waals surface area contributed by atoms with Gasteiger partial charge in [-0.2, -0.15) is 0 Å². The van der Waals surface area contributed by atoms with Gasteiger partial charge in [-0.1, -0.05) is 6.07 Å². The van der Waals surface area contributed by atoms with E-state index in [-0.39, 0.29) is 17.8 Å². The zero-order chi connectivity index (χ0) is 15.8. The van der Waals surface area contributed by atoms with Gasteiger partial charge in [0.2, 0.25) is 5.91 Å². The molecule has 0 saturated carbocycles. The van der Waals surface area contributed by atoms with E-state index in [1.54, 1.807) is 0 Å². The minimum absolute atomic E-state index is 0.0553. The molecule has 8 heteroatoms. The lowest BCUT2D eigenvalue weighted by Gasteiger charge is -2.40. The van der Waals surface area contributed by atoms with Gasteiger partial charge < -0.3 is 4.90 Å². The van der Waals surface area contributed by atoms with Crippen molar-refractivity contribution >= 4 is 23.4 Å². The number of rotatable bonds is 2. The predicted octanol–water partition coefficient (Wildman–Crippen LogP) is 0.472. The average molecular weight is 291 g/mol. The van der Waals surface area contributed by atoms with Crippen LogP contribution < -0.4 is 5.32 Å². The molecule has 2 rings (SSSR count). The molecule has 1 aromatic carbocycles. The lowest BCUT2D eigenvalue weighted by atomic mass is 9.97. The minimum atomic E-state index is -1.21. The lowest BCUT2D eigenvalue weighted by molar-refractivity contribution is -0.384. The maximum atomic E-state index is 12.5. The number of non-ortho nitro benzene ring substituents is 1. The maximum Gasteiger partial charge on any atom is 0.270 e. The van der Waals surface area contributed by atoms with Crippen LogP contribution in [0, 0.1) is 10.1 Å². The maximum absolute atomic E-state index is 12.5. The summed E-state index contributed by atoms with van der Waals surface area (Å²) in [5.41, 5.74) is -1.39. The van der Waals surface area contributed by atoms with E-state index in [0.29, 0.717) is 0 Å². The highest BCUT2D eigenvalue weighted by molar-refractivity contribution is 6.08. The van der Waals surface area contributed by atoms with E-state index in [4.69, 9.17) is 0 Å². The summed E-state index contributed by atoms with van der Waals surface area (Å²) in [6.07, 6.45) is 0. The van der Waals surface area contributed by atoms with E-state index in [1.165, 1.54) is 32.0 Å². The van der Waals surface area contributed by atoms with E-state index in [9.17, 15) is 24.5 Å². The quantitative estimate of drug-likeness (QED) is 0.484. The summed E-state index contributed by atoms with van der Waals surface area (Å²) in [4.78, 5) is 46.9. The molecular formula is C13H13N3O5. The first-order chi connectivity index (χ1) is 9.73. The predicted molar refractivity (Wildman–Crippen MR) is 71.4 cm³/mol. The Hall–Kier alpha value is -2.77. The molecule has 21 heavy (non-hydrogen) atoms. The SMILES string of the molecule is CC1(C)C(=O)NC(=O)CN1C(=O)c1cccc([N+](=O)[O-])c1. The van der Waals surface area contributed by atoms with E-state index < -0.39 is 28.2 Å². The first-order valence-electron chi connectivity index (χ1n) is 6.14. The molecular weight excluding hydrogens is 278 g/mol. The largest absolute Gasteiger partial charge is 0.315 e. The molecule has 1 saturated heterocycles. The molecule has 0 radical (unpaired) electrons. The van der Waals surface area contributed by atoms with Gasteiger partial charge in [0.15, 0.2) is 0 Å². The standard InChI is InChI=1S/C13H13N3O5/c1-13(2)12(19)14-10(17)7-15(13)11(18)8-4-3-5-9(6-8)16(20)21/h3-6H,7H2,1-2H3,(H,14,17,19). The van der Waals surface area contributed by atoms with Crippen molar-refractivity contribution in [3.63, 3.8) is 0 Å². The molecule has 0 bridgehead atoms. The first-order valence-corrected chi connectivity index (χ1v) is 6.14. The second kappa shape index (κ2) is 4.97. The number of hydrogen-bond acceptors (Lipinski definition) is 5. The number of nitro benzene ring substituents is 1. The fourth-order valence-corrected chi connectivity index (χ4v) is 2.02. The van der Waals surface area contributed by atoms with Crippen LogP contribution in [0.4, 0.5) is 5.69 Å². The minimum Gasteiger partial charge on any atom is -0.315 e. The Bertz CT molecular complexity index is 653. The van der Waals surface area contributed by atoms with E-state index in [1.807, 2.05) is 0 Å². The van der Waals surface area contributed by atoms with Crippen LogP contribution in [0.25, 0.3) is 0 Å². The van der Waals surface area contributed by atoms with E-state index >= 15 is 0 Å². The van der Waals surface area contributed by atoms with Crippen molar-refractivity contribution in [2.24, 2.45) is 0 Å². The van der Waals surface area contributed by atoms with Crippen molar-refractivity contribution in [3.8, 4) is 0 Å². The van der Waals surface area contributed by atoms with Gasteiger partial charge in [-0.05, 0) is 19.9 Å². The molecule has 0 atom stereocenters. The normalized spacial score (nSPS) is 17.3. The molecule has 1 N–H and O–H groups in total. The number of piperazine rings is 1. The number of hydrogen-bond donors (Lipinski definition) is 1. The van der Waals surface area contributed by atoms with Crippen molar-refractivity contribution in [2.75, 3.05) is 6.54 Å². The summed E-state index contributed by atoms with van der Waals surface area (Å²) in [7, 11) is 0. The summed E-state index contributed by atoms with van der Waals surface area (Å²) >= 11 is 0. The van der Waals surface area contributed by atoms with Gasteiger partial charge >= 0.3 is 0 Å². The Morgan fingerprint density at radius 1 is 1.38 bits per heavy atom. The van der Waals surface area contributed by atoms with Gasteiger partial charge in [0.25, 0.3) is 17.5 Å². The van der Waals surface area contributed by atoms with E-state index in [2.05, 4.69) is 5.32 Å². The molecule has 0 unspecified atom stereocenters. The van der Waals surface area contributed by atoms with Crippen LogP contribution in [0.5, 0.6) is 0 Å². The topological polar surface area (TPSA) is 110 Å². The molecule has 0 spiro atoms. The van der Waals surface area contributed by atoms with E-state index in [0.717, 1.165) is 11.0 Å². The fourth-order valence-electron chi connectivity index (χ4n) is 2.02. The number of imide groups is 1. The number of nitrogens with zero attached hydrogens (tertiary/aromatic N) is 2. The highest BCUT2D eigenvalue weighted by Crippen LogP contribution is 2.22. The molecule has 3 amide bonds. The van der Waals surface area contributed by atoms with Crippen LogP contribution in [0.1, 0.15) is 24.2 Å². The average Bonchev–Trinajstić information content (AvgIpc) is 2.42. The van der Waals surface area contributed by atoms with Crippen LogP contribution in [0.3, 0.4) is 0 Å². The Balaban J connectivity index is 2.38. The molecule has 0 aliphatic carbocycles. The zero-order valence-electron chi connectivity index (χ0n) is 11.5. The number of amides is 3. The second-order valence-electron chi connectivity index (χ2n) is 5.14. The number of carbonyl (C=O) groups excluding carboxylic acids is 3. The van der Waals surface area contributed by atoms with Crippen LogP contribution in [-0.2, 0) is 9.59 Å². The van der Waals surface area contributed by atoms with Gasteiger partial charge in [0, 0.05) is 17.7 Å². The highest BCUT2D eigenvalue weighted by atomic mass is 16.6. The molecule has 1 aliphatic heterocycles. The van der Waals surface area contributed by atoms with Crippen molar-refractivity contribution < 1.29 is 19.3 Å². The Kier molecular flexibility index (Phi) is 3.46. The van der Waals surface area contributed by atoms with Crippen LogP contribution in [0.2, 0.25) is 0 Å². The molecule has 8 nitrogen and oxygen atoms in total. The monoisotopic (exact) mass is 291 g/mol. The first kappa shape index (κ1) is 14.6. The molecule has 0 aromatic heterocycles. The van der Waals surface area contributed by atoms with Crippen LogP contribution in [-0.4, -0.2) is 39.6 Å². The molecule has 1 aromatic rings. The Labute approximate surface area is 119 Å². The molecule has 1 fully saturated rings. The van der Waals surface area contributed by atoms with Crippen LogP contribution >= 0.6 is 0 Å². The van der Waals surface area contributed by atoms with Crippen molar-refractivity contribution in [1.29, 1.82) is 0 Å². The molecule has 1 heterocycles. The third-order valence-corrected chi connectivity index (χ3v) is 3.33. The zero-order valence-corrected chi connectivity index (χ0v) is 11.5. The van der Waals surface area contributed by atoms with Crippen molar-refractivity contribution in [1.82, 2.24) is 10.2 Å². The molecule has 1 aliphatic rings. The fraction of sp³-hybridized carbons (Fsp3) is 0.308. The summed E-state index contributed by atoms with van der Waals surface area (Å²) in [5, 5.41) is 12.9. The number of nitro groups is 1. The summed E-state index contributed by atoms with van der Waals surface area (Å²) in [6, 6.07) is 5.16. The van der Waals surface area contributed by atoms with Gasteiger partial charge in [0.05, 0.1) is 4.92 Å². The Morgan fingerprint density at radius 2 is 2.05 bits per heavy atom. The number of nitrogens with one attached hydrogen (secondary N) is 1. The lowest BCUT2D eigenvalue weighted by Crippen LogP contribution is -2.65. The summed E-state index contributed by atoms with van der Waals surface area (Å²) < 4.78 is 0. The second-order valence-corrected chi connectivity index (χ2v) is 5.14. The third kappa shape index (κ3) is 2.60. The van der Waals surface area contributed by atoms with Gasteiger partial charge in [0.1, 0.15) is 12.1 Å². The number of benzene rings is 1.